The number of ether oxygens (including phenoxy) is 1. The molecule has 112 valence electrons. The summed E-state index contributed by atoms with van der Waals surface area (Å²) in [5, 5.41) is 12.4. The fraction of sp³-hybridized carbons (Fsp3) is 0.929. The number of carbonyl (C=O) groups is 1. The third-order valence-electron chi connectivity index (χ3n) is 4.04. The molecule has 0 bridgehead atoms. The van der Waals surface area contributed by atoms with Gasteiger partial charge in [-0.2, -0.15) is 0 Å². The van der Waals surface area contributed by atoms with Crippen LogP contribution in [0.1, 0.15) is 39.5 Å². The number of nitrogens with one attached hydrogen (secondary N) is 1. The van der Waals surface area contributed by atoms with E-state index in [0.29, 0.717) is 19.0 Å². The fourth-order valence-electron chi connectivity index (χ4n) is 2.65. The number of likely N-dealkylation sites (N-methyl/N-ethyl adjacent to an activating group) is 1. The normalized spacial score (nSPS) is 20.4. The van der Waals surface area contributed by atoms with Gasteiger partial charge >= 0.3 is 5.97 Å². The molecule has 1 saturated heterocycles. The van der Waals surface area contributed by atoms with Gasteiger partial charge in [0.1, 0.15) is 5.54 Å². The van der Waals surface area contributed by atoms with Gasteiger partial charge in [-0.1, -0.05) is 6.92 Å². The number of rotatable bonds is 8. The zero-order valence-electron chi connectivity index (χ0n) is 12.4. The highest BCUT2D eigenvalue weighted by molar-refractivity contribution is 5.78. The molecule has 0 saturated carbocycles. The number of carboxylic acids is 1. The minimum atomic E-state index is -0.800. The fourth-order valence-corrected chi connectivity index (χ4v) is 2.65. The first kappa shape index (κ1) is 16.4. The van der Waals surface area contributed by atoms with Gasteiger partial charge in [-0.15, -0.1) is 0 Å². The molecule has 1 heterocycles. The Balaban J connectivity index is 2.32. The van der Waals surface area contributed by atoms with Crippen LogP contribution in [0.3, 0.4) is 0 Å². The standard InChI is InChI=1S/C14H28N2O3/c1-4-15-14(2,13(17)18)8-5-9-16(3)12-6-10-19-11-7-12/h12,15H,4-11H2,1-3H3,(H,17,18). The van der Waals surface area contributed by atoms with E-state index in [-0.39, 0.29) is 0 Å². The van der Waals surface area contributed by atoms with Gasteiger partial charge in [-0.05, 0) is 52.7 Å². The van der Waals surface area contributed by atoms with Crippen LogP contribution >= 0.6 is 0 Å². The van der Waals surface area contributed by atoms with E-state index < -0.39 is 11.5 Å². The molecule has 1 atom stereocenters. The van der Waals surface area contributed by atoms with Crippen LogP contribution in [-0.2, 0) is 9.53 Å². The maximum Gasteiger partial charge on any atom is 0.323 e. The summed E-state index contributed by atoms with van der Waals surface area (Å²) in [7, 11) is 2.13. The molecular weight excluding hydrogens is 244 g/mol. The number of nitrogens with zero attached hydrogens (tertiary/aromatic N) is 1. The lowest BCUT2D eigenvalue weighted by atomic mass is 9.95. The van der Waals surface area contributed by atoms with Crippen molar-refractivity contribution in [2.24, 2.45) is 0 Å². The molecule has 0 amide bonds. The zero-order chi connectivity index (χ0) is 14.3. The maximum atomic E-state index is 11.3. The summed E-state index contributed by atoms with van der Waals surface area (Å²) in [6.07, 6.45) is 3.72. The van der Waals surface area contributed by atoms with E-state index in [1.165, 1.54) is 0 Å². The van der Waals surface area contributed by atoms with Gasteiger partial charge in [0, 0.05) is 19.3 Å². The van der Waals surface area contributed by atoms with Crippen molar-refractivity contribution in [3.63, 3.8) is 0 Å². The first-order valence-electron chi connectivity index (χ1n) is 7.26. The second-order valence-corrected chi connectivity index (χ2v) is 5.60. The summed E-state index contributed by atoms with van der Waals surface area (Å²) < 4.78 is 5.36. The first-order chi connectivity index (χ1) is 8.99. The van der Waals surface area contributed by atoms with Gasteiger partial charge in [0.2, 0.25) is 0 Å². The molecule has 5 nitrogen and oxygen atoms in total. The third kappa shape index (κ3) is 5.09. The molecule has 1 aliphatic rings. The number of hydrogen-bond donors (Lipinski definition) is 2. The Morgan fingerprint density at radius 2 is 2.11 bits per heavy atom. The van der Waals surface area contributed by atoms with Crippen LogP contribution in [0.4, 0.5) is 0 Å². The van der Waals surface area contributed by atoms with E-state index in [0.717, 1.165) is 39.0 Å². The smallest absolute Gasteiger partial charge is 0.323 e. The molecule has 1 aliphatic heterocycles. The molecule has 2 N–H and O–H groups in total. The monoisotopic (exact) mass is 272 g/mol. The van der Waals surface area contributed by atoms with Crippen molar-refractivity contribution < 1.29 is 14.6 Å². The molecule has 0 radical (unpaired) electrons. The van der Waals surface area contributed by atoms with Gasteiger partial charge in [0.25, 0.3) is 0 Å². The highest BCUT2D eigenvalue weighted by atomic mass is 16.5. The molecule has 1 rings (SSSR count). The van der Waals surface area contributed by atoms with Gasteiger partial charge in [0.05, 0.1) is 0 Å². The molecule has 0 aromatic heterocycles. The van der Waals surface area contributed by atoms with E-state index in [9.17, 15) is 9.90 Å². The Labute approximate surface area is 116 Å². The Bertz CT molecular complexity index is 280. The average Bonchev–Trinajstić information content (AvgIpc) is 2.39. The van der Waals surface area contributed by atoms with Crippen molar-refractivity contribution in [3.05, 3.63) is 0 Å². The van der Waals surface area contributed by atoms with Crippen LogP contribution in [0, 0.1) is 0 Å². The number of aliphatic carboxylic acids is 1. The summed E-state index contributed by atoms with van der Waals surface area (Å²) >= 11 is 0. The lowest BCUT2D eigenvalue weighted by molar-refractivity contribution is -0.144. The predicted octanol–water partition coefficient (Wildman–Crippen LogP) is 1.33. The lowest BCUT2D eigenvalue weighted by Crippen LogP contribution is -2.50. The van der Waals surface area contributed by atoms with Gasteiger partial charge < -0.3 is 20.1 Å². The highest BCUT2D eigenvalue weighted by Gasteiger charge is 2.31. The molecule has 1 unspecified atom stereocenters. The molecule has 0 spiro atoms. The summed E-state index contributed by atoms with van der Waals surface area (Å²) in [4.78, 5) is 13.6. The minimum absolute atomic E-state index is 0.587. The molecule has 0 aromatic rings. The van der Waals surface area contributed by atoms with Crippen molar-refractivity contribution in [3.8, 4) is 0 Å². The van der Waals surface area contributed by atoms with Crippen molar-refractivity contribution >= 4 is 5.97 Å². The van der Waals surface area contributed by atoms with Gasteiger partial charge in [0.15, 0.2) is 0 Å². The first-order valence-corrected chi connectivity index (χ1v) is 7.26. The van der Waals surface area contributed by atoms with Gasteiger partial charge in [-0.25, -0.2) is 0 Å². The molecule has 19 heavy (non-hydrogen) atoms. The Morgan fingerprint density at radius 3 is 2.63 bits per heavy atom. The quantitative estimate of drug-likeness (QED) is 0.698. The van der Waals surface area contributed by atoms with Crippen molar-refractivity contribution in [1.82, 2.24) is 10.2 Å². The van der Waals surface area contributed by atoms with Crippen LogP contribution in [0.5, 0.6) is 0 Å². The molecule has 5 heteroatoms. The van der Waals surface area contributed by atoms with E-state index in [4.69, 9.17) is 4.74 Å². The number of hydrogen-bond acceptors (Lipinski definition) is 4. The van der Waals surface area contributed by atoms with Gasteiger partial charge in [-0.3, -0.25) is 4.79 Å². The van der Waals surface area contributed by atoms with E-state index >= 15 is 0 Å². The predicted molar refractivity (Wildman–Crippen MR) is 75.4 cm³/mol. The average molecular weight is 272 g/mol. The van der Waals surface area contributed by atoms with Crippen molar-refractivity contribution in [1.29, 1.82) is 0 Å². The SMILES string of the molecule is CCNC(C)(CCCN(C)C1CCOCC1)C(=O)O. The van der Waals surface area contributed by atoms with E-state index in [1.54, 1.807) is 6.92 Å². The van der Waals surface area contributed by atoms with Crippen LogP contribution in [0.15, 0.2) is 0 Å². The third-order valence-corrected chi connectivity index (χ3v) is 4.04. The molecular formula is C14H28N2O3. The summed E-state index contributed by atoms with van der Waals surface area (Å²) in [6, 6.07) is 0.587. The summed E-state index contributed by atoms with van der Waals surface area (Å²) in [6.45, 7) is 7.03. The molecule has 0 aliphatic carbocycles. The van der Waals surface area contributed by atoms with Crippen LogP contribution in [0.2, 0.25) is 0 Å². The molecule has 1 fully saturated rings. The van der Waals surface area contributed by atoms with Crippen LogP contribution < -0.4 is 5.32 Å². The van der Waals surface area contributed by atoms with Crippen molar-refractivity contribution in [2.45, 2.75) is 51.1 Å². The largest absolute Gasteiger partial charge is 0.480 e. The Kier molecular flexibility index (Phi) is 6.75. The summed E-state index contributed by atoms with van der Waals surface area (Å²) in [5.74, 6) is -0.761. The summed E-state index contributed by atoms with van der Waals surface area (Å²) in [5.41, 5.74) is -0.800. The zero-order valence-corrected chi connectivity index (χ0v) is 12.4. The highest BCUT2D eigenvalue weighted by Crippen LogP contribution is 2.16. The lowest BCUT2D eigenvalue weighted by Gasteiger charge is -2.32. The van der Waals surface area contributed by atoms with Crippen LogP contribution in [0.25, 0.3) is 0 Å². The topological polar surface area (TPSA) is 61.8 Å². The minimum Gasteiger partial charge on any atom is -0.480 e. The number of carboxylic acid groups (broad SMARTS) is 1. The van der Waals surface area contributed by atoms with E-state index in [2.05, 4.69) is 17.3 Å². The van der Waals surface area contributed by atoms with E-state index in [1.807, 2.05) is 6.92 Å². The Morgan fingerprint density at radius 1 is 1.47 bits per heavy atom. The Hall–Kier alpha value is -0.650. The molecule has 0 aromatic carbocycles. The second-order valence-electron chi connectivity index (χ2n) is 5.60. The van der Waals surface area contributed by atoms with Crippen LogP contribution in [-0.4, -0.2) is 60.9 Å². The maximum absolute atomic E-state index is 11.3. The van der Waals surface area contributed by atoms with Crippen molar-refractivity contribution in [2.75, 3.05) is 33.4 Å². The second kappa shape index (κ2) is 7.82.